The Morgan fingerprint density at radius 2 is 0.567 bits per heavy atom. The van der Waals surface area contributed by atoms with E-state index in [1.54, 1.807) is 0 Å². The van der Waals surface area contributed by atoms with Crippen LogP contribution in [-0.4, -0.2) is 46.1 Å². The van der Waals surface area contributed by atoms with Crippen molar-refractivity contribution >= 4 is 5.91 Å². The quantitative estimate of drug-likeness (QED) is 0.0459. The minimum Gasteiger partial charge on any atom is -0.394 e. The van der Waals surface area contributed by atoms with Crippen molar-refractivity contribution in [3.63, 3.8) is 0 Å². The average Bonchev–Trinajstić information content (AvgIpc) is 3.25. The summed E-state index contributed by atoms with van der Waals surface area (Å²) >= 11 is 0. The zero-order chi connectivity index (χ0) is 43.7. The van der Waals surface area contributed by atoms with Crippen LogP contribution in [-0.2, 0) is 4.79 Å². The van der Waals surface area contributed by atoms with E-state index in [4.69, 9.17) is 0 Å². The van der Waals surface area contributed by atoms with Gasteiger partial charge in [0.15, 0.2) is 0 Å². The Hall–Kier alpha value is -0.650. The van der Waals surface area contributed by atoms with Gasteiger partial charge in [0.2, 0.25) is 5.91 Å². The number of aliphatic hydroxyl groups excluding tert-OH is 3. The molecule has 1 amide bonds. The summed E-state index contributed by atoms with van der Waals surface area (Å²) in [7, 11) is 0. The smallest absolute Gasteiger partial charge is 0.220 e. The summed E-state index contributed by atoms with van der Waals surface area (Å²) in [6.07, 6.45) is 61.2. The van der Waals surface area contributed by atoms with Crippen molar-refractivity contribution in [3.05, 3.63) is 0 Å². The molecule has 0 saturated carbocycles. The van der Waals surface area contributed by atoms with Gasteiger partial charge < -0.3 is 20.6 Å². The van der Waals surface area contributed by atoms with Crippen molar-refractivity contribution in [2.75, 3.05) is 6.61 Å². The lowest BCUT2D eigenvalue weighted by Crippen LogP contribution is -2.50. The molecule has 0 aromatic heterocycles. The highest BCUT2D eigenvalue weighted by atomic mass is 16.3. The number of amides is 1. The predicted molar refractivity (Wildman–Crippen MR) is 264 cm³/mol. The maximum Gasteiger partial charge on any atom is 0.220 e. The third-order valence-corrected chi connectivity index (χ3v) is 13.5. The number of unbranched alkanes of at least 4 members (excludes halogenated alkanes) is 44. The second kappa shape index (κ2) is 51.0. The van der Waals surface area contributed by atoms with Crippen LogP contribution in [0.4, 0.5) is 0 Å². The molecule has 4 N–H and O–H groups in total. The fourth-order valence-corrected chi connectivity index (χ4v) is 9.17. The normalized spacial score (nSPS) is 13.2. The maximum atomic E-state index is 12.5. The molecular weight excluding hydrogens is 739 g/mol. The minimum absolute atomic E-state index is 0.136. The Balaban J connectivity index is 3.44. The number of nitrogens with one attached hydrogen (secondary N) is 1. The Morgan fingerprint density at radius 1 is 0.350 bits per heavy atom. The fourth-order valence-electron chi connectivity index (χ4n) is 9.17. The maximum absolute atomic E-state index is 12.5. The zero-order valence-electron chi connectivity index (χ0n) is 41.1. The van der Waals surface area contributed by atoms with E-state index in [-0.39, 0.29) is 12.5 Å². The molecule has 5 nitrogen and oxygen atoms in total. The molecular formula is C55H111NO4. The van der Waals surface area contributed by atoms with Crippen LogP contribution in [0.3, 0.4) is 0 Å². The van der Waals surface area contributed by atoms with Gasteiger partial charge in [0.1, 0.15) is 6.10 Å². The molecule has 0 aliphatic heterocycles. The third kappa shape index (κ3) is 45.4. The highest BCUT2D eigenvalue weighted by Crippen LogP contribution is 2.19. The van der Waals surface area contributed by atoms with Gasteiger partial charge in [-0.3, -0.25) is 4.79 Å². The number of hydrogen-bond acceptors (Lipinski definition) is 4. The number of carbonyl (C=O) groups excluding carboxylic acids is 1. The highest BCUT2D eigenvalue weighted by Gasteiger charge is 2.26. The fraction of sp³-hybridized carbons (Fsp3) is 0.982. The molecule has 0 spiro atoms. The van der Waals surface area contributed by atoms with Gasteiger partial charge in [0.05, 0.1) is 18.8 Å². The molecule has 0 radical (unpaired) electrons. The molecule has 0 aromatic carbocycles. The standard InChI is InChI=1S/C55H111NO4/c1-3-5-7-9-11-13-15-17-19-20-21-22-23-24-25-26-27-28-29-30-31-32-33-34-36-38-40-42-44-46-48-50-54(59)56-52(51-57)55(60)53(58)49-47-45-43-41-39-37-35-18-16-14-12-10-8-6-4-2/h52-53,55,57-58,60H,3-51H2,1-2H3,(H,56,59). The van der Waals surface area contributed by atoms with Gasteiger partial charge in [-0.25, -0.2) is 0 Å². The van der Waals surface area contributed by atoms with Crippen molar-refractivity contribution in [1.82, 2.24) is 5.32 Å². The lowest BCUT2D eigenvalue weighted by molar-refractivity contribution is -0.124. The summed E-state index contributed by atoms with van der Waals surface area (Å²) < 4.78 is 0. The number of carbonyl (C=O) groups is 1. The van der Waals surface area contributed by atoms with Crippen molar-refractivity contribution < 1.29 is 20.1 Å². The molecule has 0 aliphatic carbocycles. The topological polar surface area (TPSA) is 89.8 Å². The molecule has 0 fully saturated rings. The average molecular weight is 850 g/mol. The zero-order valence-corrected chi connectivity index (χ0v) is 41.1. The van der Waals surface area contributed by atoms with Gasteiger partial charge in [0, 0.05) is 6.42 Å². The van der Waals surface area contributed by atoms with Crippen LogP contribution in [0, 0.1) is 0 Å². The summed E-state index contributed by atoms with van der Waals surface area (Å²) in [5.41, 5.74) is 0. The Bertz CT molecular complexity index is 807. The molecule has 5 heteroatoms. The van der Waals surface area contributed by atoms with Gasteiger partial charge in [-0.2, -0.15) is 0 Å². The van der Waals surface area contributed by atoms with Crippen molar-refractivity contribution in [3.8, 4) is 0 Å². The summed E-state index contributed by atoms with van der Waals surface area (Å²) in [4.78, 5) is 12.5. The molecule has 3 atom stereocenters. The number of rotatable bonds is 52. The second-order valence-electron chi connectivity index (χ2n) is 19.5. The van der Waals surface area contributed by atoms with Crippen LogP contribution in [0.25, 0.3) is 0 Å². The molecule has 60 heavy (non-hydrogen) atoms. The van der Waals surface area contributed by atoms with Crippen molar-refractivity contribution in [2.45, 2.75) is 340 Å². The van der Waals surface area contributed by atoms with Gasteiger partial charge in [0.25, 0.3) is 0 Å². The van der Waals surface area contributed by atoms with Crippen molar-refractivity contribution in [2.24, 2.45) is 0 Å². The molecule has 0 saturated heterocycles. The van der Waals surface area contributed by atoms with Gasteiger partial charge in [-0.15, -0.1) is 0 Å². The SMILES string of the molecule is CCCCCCCCCCCCCCCCCCCCCCCCCCCCCCCCCC(=O)NC(CO)C(O)C(O)CCCCCCCCCCCCCCCCC. The summed E-state index contributed by atoms with van der Waals surface area (Å²) in [5.74, 6) is -0.136. The van der Waals surface area contributed by atoms with Crippen LogP contribution >= 0.6 is 0 Å². The molecule has 0 aromatic rings. The van der Waals surface area contributed by atoms with E-state index in [1.807, 2.05) is 0 Å². The Morgan fingerprint density at radius 3 is 0.800 bits per heavy atom. The van der Waals surface area contributed by atoms with E-state index in [9.17, 15) is 20.1 Å². The first-order valence-corrected chi connectivity index (χ1v) is 27.8. The molecule has 0 heterocycles. The van der Waals surface area contributed by atoms with Crippen LogP contribution in [0.15, 0.2) is 0 Å². The minimum atomic E-state index is -1.13. The number of hydrogen-bond donors (Lipinski definition) is 4. The lowest BCUT2D eigenvalue weighted by Gasteiger charge is -2.26. The predicted octanol–water partition coefficient (Wildman–Crippen LogP) is 16.9. The molecule has 0 bridgehead atoms. The van der Waals surface area contributed by atoms with E-state index in [2.05, 4.69) is 19.2 Å². The van der Waals surface area contributed by atoms with E-state index in [1.165, 1.54) is 263 Å². The number of aliphatic hydroxyl groups is 3. The van der Waals surface area contributed by atoms with E-state index < -0.39 is 18.2 Å². The molecule has 0 aliphatic rings. The Labute approximate surface area is 377 Å². The first kappa shape index (κ1) is 59.4. The van der Waals surface area contributed by atoms with Gasteiger partial charge in [-0.1, -0.05) is 303 Å². The monoisotopic (exact) mass is 850 g/mol. The van der Waals surface area contributed by atoms with Crippen LogP contribution in [0.2, 0.25) is 0 Å². The molecule has 360 valence electrons. The lowest BCUT2D eigenvalue weighted by atomic mass is 9.99. The Kier molecular flexibility index (Phi) is 50.4. The summed E-state index contributed by atoms with van der Waals surface area (Å²) in [6.45, 7) is 4.22. The van der Waals surface area contributed by atoms with Gasteiger partial charge in [-0.05, 0) is 12.8 Å². The van der Waals surface area contributed by atoms with E-state index >= 15 is 0 Å². The van der Waals surface area contributed by atoms with Crippen LogP contribution in [0.5, 0.6) is 0 Å². The first-order valence-electron chi connectivity index (χ1n) is 27.8. The van der Waals surface area contributed by atoms with E-state index in [0.717, 1.165) is 32.1 Å². The van der Waals surface area contributed by atoms with Crippen LogP contribution in [0.1, 0.15) is 322 Å². The van der Waals surface area contributed by atoms with E-state index in [0.29, 0.717) is 12.8 Å². The van der Waals surface area contributed by atoms with Crippen LogP contribution < -0.4 is 5.32 Å². The second-order valence-corrected chi connectivity index (χ2v) is 19.5. The summed E-state index contributed by atoms with van der Waals surface area (Å²) in [6, 6.07) is -0.803. The van der Waals surface area contributed by atoms with Gasteiger partial charge >= 0.3 is 0 Å². The summed E-state index contributed by atoms with van der Waals surface area (Å²) in [5, 5.41) is 33.7. The molecule has 0 rings (SSSR count). The highest BCUT2D eigenvalue weighted by molar-refractivity contribution is 5.76. The first-order chi connectivity index (χ1) is 29.6. The molecule has 3 unspecified atom stereocenters. The third-order valence-electron chi connectivity index (χ3n) is 13.5. The largest absolute Gasteiger partial charge is 0.394 e. The van der Waals surface area contributed by atoms with Crippen molar-refractivity contribution in [1.29, 1.82) is 0 Å².